The Bertz CT molecular complexity index is 1390. The molecule has 0 aliphatic heterocycles. The van der Waals surface area contributed by atoms with Crippen LogP contribution >= 0.6 is 54.9 Å². The first-order valence-corrected chi connectivity index (χ1v) is 11.5. The van der Waals surface area contributed by atoms with Gasteiger partial charge in [-0.2, -0.15) is 0 Å². The second kappa shape index (κ2) is 9.31. The van der Waals surface area contributed by atoms with Crippen molar-refractivity contribution in [2.24, 2.45) is 0 Å². The Labute approximate surface area is 205 Å². The van der Waals surface area contributed by atoms with Crippen LogP contribution in [0, 0.1) is 0 Å². The Balaban J connectivity index is 2.07. The van der Waals surface area contributed by atoms with Crippen molar-refractivity contribution in [2.45, 2.75) is 0 Å². The number of hydrogen-bond acceptors (Lipinski definition) is 3. The van der Waals surface area contributed by atoms with Crippen molar-refractivity contribution in [1.82, 2.24) is 0 Å². The van der Waals surface area contributed by atoms with E-state index in [4.69, 9.17) is 46.4 Å². The minimum absolute atomic E-state index is 0.00525. The normalized spacial score (nSPS) is 11.1. The molecule has 0 aliphatic rings. The summed E-state index contributed by atoms with van der Waals surface area (Å²) in [5.41, 5.74) is 0.236. The molecule has 158 valence electrons. The van der Waals surface area contributed by atoms with E-state index < -0.39 is 20.0 Å². The monoisotopic (exact) mass is 518 g/mol. The van der Waals surface area contributed by atoms with Crippen LogP contribution in [0.5, 0.6) is 0 Å². The average molecular weight is 520 g/mol. The van der Waals surface area contributed by atoms with Crippen LogP contribution in [-0.2, 0) is 4.57 Å². The summed E-state index contributed by atoms with van der Waals surface area (Å²) in [5, 5.41) is 1.69. The Kier molecular flexibility index (Phi) is 6.67. The van der Waals surface area contributed by atoms with Crippen molar-refractivity contribution >= 4 is 82.5 Å². The largest absolute Gasteiger partial charge is 0.288 e. The van der Waals surface area contributed by atoms with Crippen LogP contribution < -0.4 is 5.30 Å². The van der Waals surface area contributed by atoms with Crippen LogP contribution in [0.15, 0.2) is 66.7 Å². The van der Waals surface area contributed by atoms with Crippen LogP contribution in [0.3, 0.4) is 0 Å². The van der Waals surface area contributed by atoms with Crippen molar-refractivity contribution in [1.29, 1.82) is 0 Å². The molecule has 0 heterocycles. The van der Waals surface area contributed by atoms with Crippen molar-refractivity contribution in [3.8, 4) is 0 Å². The van der Waals surface area contributed by atoms with Gasteiger partial charge in [-0.25, -0.2) is 0 Å². The topological polar surface area (TPSA) is 51.2 Å². The molecule has 4 rings (SSSR count). The Morgan fingerprint density at radius 1 is 0.625 bits per heavy atom. The fourth-order valence-electron chi connectivity index (χ4n) is 3.52. The molecule has 8 heteroatoms. The van der Waals surface area contributed by atoms with Crippen LogP contribution in [0.4, 0.5) is 0 Å². The summed E-state index contributed by atoms with van der Waals surface area (Å²) in [6, 6.07) is 17.9. The van der Waals surface area contributed by atoms with Crippen molar-refractivity contribution < 1.29 is 14.2 Å². The quantitative estimate of drug-likeness (QED) is 0.199. The summed E-state index contributed by atoms with van der Waals surface area (Å²) in [5.74, 6) is -1.10. The summed E-state index contributed by atoms with van der Waals surface area (Å²) in [7, 11) is -0.534. The van der Waals surface area contributed by atoms with Gasteiger partial charge in [0.15, 0.2) is 20.0 Å². The van der Waals surface area contributed by atoms with Crippen molar-refractivity contribution in [3.63, 3.8) is 0 Å². The van der Waals surface area contributed by atoms with Crippen molar-refractivity contribution in [3.05, 3.63) is 109 Å². The minimum atomic E-state index is -0.552. The summed E-state index contributed by atoms with van der Waals surface area (Å²) >= 11 is 25.0. The van der Waals surface area contributed by atoms with Gasteiger partial charge < -0.3 is 0 Å². The zero-order chi connectivity index (χ0) is 23.0. The predicted molar refractivity (Wildman–Crippen MR) is 131 cm³/mol. The molecule has 32 heavy (non-hydrogen) atoms. The molecule has 0 aliphatic carbocycles. The van der Waals surface area contributed by atoms with Gasteiger partial charge in [-0.1, -0.05) is 82.8 Å². The molecule has 0 saturated heterocycles. The van der Waals surface area contributed by atoms with Crippen LogP contribution in [0.25, 0.3) is 10.8 Å². The lowest BCUT2D eigenvalue weighted by atomic mass is 9.92. The lowest BCUT2D eigenvalue weighted by molar-refractivity contribution is 0.103. The van der Waals surface area contributed by atoms with Gasteiger partial charge in [0.1, 0.15) is 0 Å². The number of carbonyl (C=O) groups is 2. The van der Waals surface area contributed by atoms with Gasteiger partial charge >= 0.3 is 0 Å². The van der Waals surface area contributed by atoms with Gasteiger partial charge in [0.05, 0.1) is 36.5 Å². The number of ketones is 2. The molecule has 0 bridgehead atoms. The van der Waals surface area contributed by atoms with Crippen LogP contribution in [-0.4, -0.2) is 11.6 Å². The fraction of sp³-hybridized carbons (Fsp3) is 0. The first-order valence-electron chi connectivity index (χ1n) is 9.21. The molecule has 0 unspecified atom stereocenters. The summed E-state index contributed by atoms with van der Waals surface area (Å²) < 4.78 is 12.4. The summed E-state index contributed by atoms with van der Waals surface area (Å²) in [6.45, 7) is 0. The molecule has 4 aromatic carbocycles. The van der Waals surface area contributed by atoms with Crippen molar-refractivity contribution in [2.75, 3.05) is 0 Å². The van der Waals surface area contributed by atoms with Gasteiger partial charge in [-0.3, -0.25) is 14.2 Å². The third-order valence-corrected chi connectivity index (χ3v) is 6.87. The summed E-state index contributed by atoms with van der Waals surface area (Å²) in [4.78, 5) is 27.1. The molecule has 0 spiro atoms. The highest BCUT2D eigenvalue weighted by molar-refractivity contribution is 7.34. The molecule has 4 aromatic rings. The molecule has 0 N–H and O–H groups in total. The SMILES string of the molecule is O=Pc1c(C(=O)c2c(Cl)cccc2Cl)cc2ccccc2c1C(=O)c1c(Cl)cccc1Cl. The first-order chi connectivity index (χ1) is 15.3. The smallest absolute Gasteiger partial charge is 0.197 e. The van der Waals surface area contributed by atoms with E-state index in [0.717, 1.165) is 0 Å². The Hall–Kier alpha value is -2.26. The fourth-order valence-corrected chi connectivity index (χ4v) is 5.24. The first kappa shape index (κ1) is 22.9. The standard InChI is InChI=1S/C24H11Cl4O3P/c25-15-7-3-8-16(26)20(15)22(29)14-11-12-5-1-2-6-13(12)19(24(14)32-31)23(30)21-17(27)9-4-10-18(21)28/h1-11H. The third-order valence-electron chi connectivity index (χ3n) is 4.96. The lowest BCUT2D eigenvalue weighted by Crippen LogP contribution is -2.21. The highest BCUT2D eigenvalue weighted by atomic mass is 35.5. The van der Waals surface area contributed by atoms with E-state index >= 15 is 0 Å². The highest BCUT2D eigenvalue weighted by Gasteiger charge is 2.28. The van der Waals surface area contributed by atoms with E-state index in [1.165, 1.54) is 24.3 Å². The molecule has 0 radical (unpaired) electrons. The molecule has 0 amide bonds. The Morgan fingerprint density at radius 2 is 1.12 bits per heavy atom. The number of rotatable bonds is 5. The minimum Gasteiger partial charge on any atom is -0.288 e. The molecule has 0 atom stereocenters. The molecule has 0 aromatic heterocycles. The van der Waals surface area contributed by atoms with Crippen LogP contribution in [0.2, 0.25) is 20.1 Å². The van der Waals surface area contributed by atoms with E-state index in [0.29, 0.717) is 10.8 Å². The number of carbonyl (C=O) groups excluding carboxylic acids is 2. The van der Waals surface area contributed by atoms with Gasteiger partial charge in [-0.05, 0) is 41.1 Å². The molecular formula is C24H11Cl4O3P. The summed E-state index contributed by atoms with van der Waals surface area (Å²) in [6.07, 6.45) is 0. The van der Waals surface area contributed by atoms with Crippen LogP contribution in [0.1, 0.15) is 31.8 Å². The maximum absolute atomic E-state index is 13.7. The van der Waals surface area contributed by atoms with Gasteiger partial charge in [0.2, 0.25) is 0 Å². The van der Waals surface area contributed by atoms with Gasteiger partial charge in [-0.15, -0.1) is 0 Å². The third kappa shape index (κ3) is 3.96. The number of fused-ring (bicyclic) bond motifs is 1. The predicted octanol–water partition coefficient (Wildman–Crippen LogP) is 7.83. The second-order valence-corrected chi connectivity index (χ2v) is 9.07. The van der Waals surface area contributed by atoms with E-state index in [2.05, 4.69) is 0 Å². The number of halogens is 4. The number of hydrogen-bond donors (Lipinski definition) is 0. The van der Waals surface area contributed by atoms with E-state index in [1.807, 2.05) is 0 Å². The van der Waals surface area contributed by atoms with Gasteiger partial charge in [0, 0.05) is 11.1 Å². The lowest BCUT2D eigenvalue weighted by Gasteiger charge is -2.15. The zero-order valence-electron chi connectivity index (χ0n) is 16.0. The van der Waals surface area contributed by atoms with E-state index in [1.54, 1.807) is 42.5 Å². The molecule has 3 nitrogen and oxygen atoms in total. The van der Waals surface area contributed by atoms with E-state index in [-0.39, 0.29) is 47.6 Å². The van der Waals surface area contributed by atoms with E-state index in [9.17, 15) is 14.2 Å². The number of benzene rings is 4. The average Bonchev–Trinajstić information content (AvgIpc) is 2.77. The molecular weight excluding hydrogens is 509 g/mol. The highest BCUT2D eigenvalue weighted by Crippen LogP contribution is 2.33. The molecule has 0 saturated carbocycles. The van der Waals surface area contributed by atoms with Gasteiger partial charge in [0.25, 0.3) is 0 Å². The second-order valence-electron chi connectivity index (χ2n) is 6.81. The maximum Gasteiger partial charge on any atom is 0.197 e. The zero-order valence-corrected chi connectivity index (χ0v) is 20.0. The molecule has 0 fully saturated rings. The maximum atomic E-state index is 13.7. The Morgan fingerprint density at radius 3 is 1.66 bits per heavy atom.